The van der Waals surface area contributed by atoms with Crippen molar-refractivity contribution in [2.24, 2.45) is 11.7 Å². The summed E-state index contributed by atoms with van der Waals surface area (Å²) in [7, 11) is 0. The molecule has 1 aromatic carbocycles. The number of hydrogen-bond donors (Lipinski definition) is 1. The normalized spacial score (nSPS) is 12.5. The average molecular weight is 244 g/mol. The second-order valence-electron chi connectivity index (χ2n) is 4.21. The van der Waals surface area contributed by atoms with Gasteiger partial charge in [-0.25, -0.2) is 0 Å². The second kappa shape index (κ2) is 5.23. The van der Waals surface area contributed by atoms with Gasteiger partial charge in [0.2, 0.25) is 0 Å². The Kier molecular flexibility index (Phi) is 3.69. The van der Waals surface area contributed by atoms with E-state index in [1.165, 1.54) is 5.39 Å². The molecule has 1 atom stereocenters. The third kappa shape index (κ3) is 2.80. The summed E-state index contributed by atoms with van der Waals surface area (Å²) < 4.78 is 0. The number of nitrogens with two attached hydrogens (primary N) is 1. The average Bonchev–Trinajstić information content (AvgIpc) is 2.35. The van der Waals surface area contributed by atoms with Crippen molar-refractivity contribution in [2.75, 3.05) is 0 Å². The lowest BCUT2D eigenvalue weighted by Crippen LogP contribution is -2.22. The van der Waals surface area contributed by atoms with Crippen LogP contribution in [-0.4, -0.2) is 9.97 Å². The predicted molar refractivity (Wildman–Crippen MR) is 76.0 cm³/mol. The summed E-state index contributed by atoms with van der Waals surface area (Å²) >= 11 is 5.06. The summed E-state index contributed by atoms with van der Waals surface area (Å²) in [6, 6.07) is 12.3. The monoisotopic (exact) mass is 244 g/mol. The molecule has 2 N–H and O–H groups in total. The molecule has 2 aromatic rings. The van der Waals surface area contributed by atoms with E-state index in [-0.39, 0.29) is 5.92 Å². The van der Waals surface area contributed by atoms with Crippen molar-refractivity contribution in [3.63, 3.8) is 0 Å². The number of benzene rings is 1. The third-order valence-corrected chi connectivity index (χ3v) is 3.34. The van der Waals surface area contributed by atoms with Crippen LogP contribution in [0, 0.1) is 5.92 Å². The minimum atomic E-state index is 0.249. The number of nitrogens with zero attached hydrogens (tertiary/aromatic N) is 1. The molecule has 1 unspecified atom stereocenters. The van der Waals surface area contributed by atoms with Gasteiger partial charge >= 0.3 is 0 Å². The Balaban J connectivity index is 2.27. The van der Waals surface area contributed by atoms with E-state index in [1.54, 1.807) is 0 Å². The summed E-state index contributed by atoms with van der Waals surface area (Å²) in [5, 5.41) is 1.17. The fourth-order valence-corrected chi connectivity index (χ4v) is 2.17. The molecule has 0 amide bonds. The minimum absolute atomic E-state index is 0.249. The molecule has 0 aliphatic heterocycles. The summed E-state index contributed by atoms with van der Waals surface area (Å²) in [6.07, 6.45) is 1.79. The molecule has 0 saturated carbocycles. The number of thiocarbonyl (C=S) groups is 1. The van der Waals surface area contributed by atoms with Gasteiger partial charge in [-0.3, -0.25) is 4.98 Å². The zero-order valence-corrected chi connectivity index (χ0v) is 10.7. The van der Waals surface area contributed by atoms with Gasteiger partial charge in [-0.05, 0) is 25.0 Å². The molecular weight excluding hydrogens is 228 g/mol. The highest BCUT2D eigenvalue weighted by Crippen LogP contribution is 2.16. The summed E-state index contributed by atoms with van der Waals surface area (Å²) in [5.41, 5.74) is 7.80. The molecule has 1 aromatic heterocycles. The first-order valence-electron chi connectivity index (χ1n) is 5.84. The standard InChI is InChI=1S/C14H16N2S/c1-2-10(14(15)17)9-12-8-7-11-5-3-4-6-13(11)16-12/h3-8,10H,2,9H2,1H3,(H2,15,17). The number of fused-ring (bicyclic) bond motifs is 1. The summed E-state index contributed by atoms with van der Waals surface area (Å²) in [6.45, 7) is 2.10. The highest BCUT2D eigenvalue weighted by molar-refractivity contribution is 7.80. The Morgan fingerprint density at radius 2 is 2.06 bits per heavy atom. The van der Waals surface area contributed by atoms with Gasteiger partial charge in [-0.2, -0.15) is 0 Å². The van der Waals surface area contributed by atoms with Gasteiger partial charge in [-0.15, -0.1) is 0 Å². The molecule has 0 bridgehead atoms. The van der Waals surface area contributed by atoms with Crippen molar-refractivity contribution in [3.05, 3.63) is 42.1 Å². The lowest BCUT2D eigenvalue weighted by molar-refractivity contribution is 0.656. The molecule has 2 nitrogen and oxygen atoms in total. The maximum Gasteiger partial charge on any atom is 0.0762 e. The molecule has 17 heavy (non-hydrogen) atoms. The van der Waals surface area contributed by atoms with Crippen LogP contribution >= 0.6 is 12.2 Å². The van der Waals surface area contributed by atoms with Crippen molar-refractivity contribution in [1.82, 2.24) is 4.98 Å². The highest BCUT2D eigenvalue weighted by Gasteiger charge is 2.11. The minimum Gasteiger partial charge on any atom is -0.393 e. The third-order valence-electron chi connectivity index (χ3n) is 3.01. The predicted octanol–water partition coefficient (Wildman–Crippen LogP) is 3.09. The largest absolute Gasteiger partial charge is 0.393 e. The van der Waals surface area contributed by atoms with Crippen molar-refractivity contribution >= 4 is 28.1 Å². The molecule has 0 aliphatic carbocycles. The van der Waals surface area contributed by atoms with Gasteiger partial charge < -0.3 is 5.73 Å². The maximum absolute atomic E-state index is 5.71. The van der Waals surface area contributed by atoms with Crippen LogP contribution in [0.5, 0.6) is 0 Å². The summed E-state index contributed by atoms with van der Waals surface area (Å²) in [4.78, 5) is 5.22. The molecule has 0 saturated heterocycles. The molecule has 0 spiro atoms. The first-order valence-corrected chi connectivity index (χ1v) is 6.25. The Hall–Kier alpha value is -1.48. The highest BCUT2D eigenvalue weighted by atomic mass is 32.1. The van der Waals surface area contributed by atoms with E-state index >= 15 is 0 Å². The van der Waals surface area contributed by atoms with E-state index in [2.05, 4.69) is 30.1 Å². The van der Waals surface area contributed by atoms with Crippen LogP contribution in [0.15, 0.2) is 36.4 Å². The van der Waals surface area contributed by atoms with Crippen LogP contribution in [0.3, 0.4) is 0 Å². The van der Waals surface area contributed by atoms with Crippen LogP contribution in [0.25, 0.3) is 10.9 Å². The van der Waals surface area contributed by atoms with Crippen LogP contribution in [0.2, 0.25) is 0 Å². The Morgan fingerprint density at radius 3 is 2.76 bits per heavy atom. The van der Waals surface area contributed by atoms with Gasteiger partial charge in [0.05, 0.1) is 10.5 Å². The Bertz CT molecular complexity index is 536. The van der Waals surface area contributed by atoms with Gasteiger partial charge in [-0.1, -0.05) is 43.4 Å². The zero-order chi connectivity index (χ0) is 12.3. The quantitative estimate of drug-likeness (QED) is 0.840. The number of para-hydroxylation sites is 1. The SMILES string of the molecule is CCC(Cc1ccc2ccccc2n1)C(N)=S. The molecular formula is C14H16N2S. The van der Waals surface area contributed by atoms with Crippen LogP contribution in [-0.2, 0) is 6.42 Å². The van der Waals surface area contributed by atoms with Crippen LogP contribution in [0.4, 0.5) is 0 Å². The first kappa shape index (κ1) is 12.0. The number of pyridine rings is 1. The lowest BCUT2D eigenvalue weighted by atomic mass is 9.99. The van der Waals surface area contributed by atoms with E-state index in [1.807, 2.05) is 18.2 Å². The van der Waals surface area contributed by atoms with E-state index in [0.29, 0.717) is 4.99 Å². The molecule has 0 radical (unpaired) electrons. The lowest BCUT2D eigenvalue weighted by Gasteiger charge is -2.12. The van der Waals surface area contributed by atoms with E-state index in [4.69, 9.17) is 18.0 Å². The van der Waals surface area contributed by atoms with Crippen molar-refractivity contribution in [2.45, 2.75) is 19.8 Å². The van der Waals surface area contributed by atoms with Crippen molar-refractivity contribution in [1.29, 1.82) is 0 Å². The van der Waals surface area contributed by atoms with E-state index < -0.39 is 0 Å². The van der Waals surface area contributed by atoms with Crippen LogP contribution < -0.4 is 5.73 Å². The van der Waals surface area contributed by atoms with Crippen molar-refractivity contribution < 1.29 is 0 Å². The second-order valence-corrected chi connectivity index (χ2v) is 4.68. The van der Waals surface area contributed by atoms with Crippen LogP contribution in [0.1, 0.15) is 19.0 Å². The smallest absolute Gasteiger partial charge is 0.0762 e. The topological polar surface area (TPSA) is 38.9 Å². The first-order chi connectivity index (χ1) is 8.20. The number of aromatic nitrogens is 1. The fourth-order valence-electron chi connectivity index (χ4n) is 1.92. The molecule has 0 aliphatic rings. The molecule has 88 valence electrons. The molecule has 0 fully saturated rings. The van der Waals surface area contributed by atoms with Gasteiger partial charge in [0.1, 0.15) is 0 Å². The van der Waals surface area contributed by atoms with Crippen molar-refractivity contribution in [3.8, 4) is 0 Å². The van der Waals surface area contributed by atoms with Gasteiger partial charge in [0.15, 0.2) is 0 Å². The Morgan fingerprint density at radius 1 is 1.29 bits per heavy atom. The zero-order valence-electron chi connectivity index (χ0n) is 9.89. The molecule has 1 heterocycles. The summed E-state index contributed by atoms with van der Waals surface area (Å²) in [5.74, 6) is 0.249. The maximum atomic E-state index is 5.71. The van der Waals surface area contributed by atoms with Gasteiger partial charge in [0, 0.05) is 17.0 Å². The number of hydrogen-bond acceptors (Lipinski definition) is 2. The fraction of sp³-hybridized carbons (Fsp3) is 0.286. The molecule has 2 rings (SSSR count). The molecule has 3 heteroatoms. The van der Waals surface area contributed by atoms with E-state index in [9.17, 15) is 0 Å². The van der Waals surface area contributed by atoms with Gasteiger partial charge in [0.25, 0.3) is 0 Å². The number of rotatable bonds is 4. The Labute approximate surface area is 107 Å². The van der Waals surface area contributed by atoms with E-state index in [0.717, 1.165) is 24.1 Å².